The van der Waals surface area contributed by atoms with Gasteiger partial charge in [0.05, 0.1) is 11.7 Å². The fraction of sp³-hybridized carbons (Fsp3) is 0.222. The third kappa shape index (κ3) is 2.90. The Morgan fingerprint density at radius 1 is 1.27 bits per heavy atom. The van der Waals surface area contributed by atoms with E-state index in [4.69, 9.17) is 5.73 Å². The molecular weight excluding hydrogens is 335 g/mol. The van der Waals surface area contributed by atoms with Crippen LogP contribution in [0.25, 0.3) is 11.1 Å². The van der Waals surface area contributed by atoms with Gasteiger partial charge < -0.3 is 10.6 Å². The minimum atomic E-state index is -0.316. The largest absolute Gasteiger partial charge is 0.368 e. The summed E-state index contributed by atoms with van der Waals surface area (Å²) in [7, 11) is 0. The Kier molecular flexibility index (Phi) is 4.08. The van der Waals surface area contributed by atoms with Gasteiger partial charge in [0.2, 0.25) is 5.95 Å². The predicted molar refractivity (Wildman–Crippen MR) is 93.4 cm³/mol. The molecular formula is C18H17FN6O. The number of benzene rings is 1. The van der Waals surface area contributed by atoms with E-state index in [1.54, 1.807) is 35.5 Å². The van der Waals surface area contributed by atoms with Gasteiger partial charge in [-0.2, -0.15) is 5.10 Å². The second kappa shape index (κ2) is 6.55. The first-order valence-electron chi connectivity index (χ1n) is 8.32. The van der Waals surface area contributed by atoms with E-state index in [9.17, 15) is 9.18 Å². The molecule has 0 spiro atoms. The zero-order valence-electron chi connectivity index (χ0n) is 13.9. The minimum Gasteiger partial charge on any atom is -0.368 e. The van der Waals surface area contributed by atoms with Crippen LogP contribution in [0, 0.1) is 5.82 Å². The van der Waals surface area contributed by atoms with Crippen molar-refractivity contribution in [2.24, 2.45) is 0 Å². The molecule has 2 aromatic heterocycles. The number of nitrogens with one attached hydrogen (secondary N) is 1. The second-order valence-corrected chi connectivity index (χ2v) is 6.16. The molecule has 132 valence electrons. The van der Waals surface area contributed by atoms with E-state index in [0.717, 1.165) is 24.0 Å². The van der Waals surface area contributed by atoms with Crippen LogP contribution in [0.3, 0.4) is 0 Å². The van der Waals surface area contributed by atoms with E-state index in [1.165, 1.54) is 12.1 Å². The molecule has 1 aromatic carbocycles. The number of rotatable bonds is 3. The Morgan fingerprint density at radius 3 is 2.81 bits per heavy atom. The lowest BCUT2D eigenvalue weighted by Gasteiger charge is -2.25. The van der Waals surface area contributed by atoms with Crippen molar-refractivity contribution in [3.8, 4) is 11.1 Å². The molecule has 8 heteroatoms. The van der Waals surface area contributed by atoms with Gasteiger partial charge in [0.25, 0.3) is 5.91 Å². The molecule has 3 N–H and O–H groups in total. The van der Waals surface area contributed by atoms with E-state index >= 15 is 0 Å². The van der Waals surface area contributed by atoms with E-state index in [-0.39, 0.29) is 23.7 Å². The highest BCUT2D eigenvalue weighted by Crippen LogP contribution is 2.37. The molecule has 0 radical (unpaired) electrons. The first-order chi connectivity index (χ1) is 12.6. The SMILES string of the molecule is Nc1ncc(-c2ccc(F)cc2)c(C2CCCN2C(=O)c2ccn[nH]2)n1. The molecule has 0 bridgehead atoms. The monoisotopic (exact) mass is 352 g/mol. The van der Waals surface area contributed by atoms with Crippen molar-refractivity contribution in [1.82, 2.24) is 25.1 Å². The van der Waals surface area contributed by atoms with Gasteiger partial charge in [-0.3, -0.25) is 9.89 Å². The topological polar surface area (TPSA) is 101 Å². The highest BCUT2D eigenvalue weighted by molar-refractivity contribution is 5.92. The number of likely N-dealkylation sites (tertiary alicyclic amines) is 1. The van der Waals surface area contributed by atoms with Crippen molar-refractivity contribution in [1.29, 1.82) is 0 Å². The number of halogens is 1. The van der Waals surface area contributed by atoms with Crippen LogP contribution in [0.5, 0.6) is 0 Å². The van der Waals surface area contributed by atoms with Crippen molar-refractivity contribution in [2.45, 2.75) is 18.9 Å². The molecule has 3 heterocycles. The van der Waals surface area contributed by atoms with Crippen LogP contribution in [-0.2, 0) is 0 Å². The molecule has 1 unspecified atom stereocenters. The Morgan fingerprint density at radius 2 is 2.08 bits per heavy atom. The molecule has 1 saturated heterocycles. The highest BCUT2D eigenvalue weighted by atomic mass is 19.1. The molecule has 1 aliphatic rings. The summed E-state index contributed by atoms with van der Waals surface area (Å²) < 4.78 is 13.3. The Balaban J connectivity index is 1.75. The lowest BCUT2D eigenvalue weighted by molar-refractivity contribution is 0.0727. The standard InChI is InChI=1S/C18H17FN6O/c19-12-5-3-11(4-6-12)13-10-21-18(20)23-16(13)15-2-1-9-25(15)17(26)14-7-8-22-24-14/h3-8,10,15H,1-2,9H2,(H,22,24)(H2,20,21,23). The summed E-state index contributed by atoms with van der Waals surface area (Å²) in [5.41, 5.74) is 8.44. The Hall–Kier alpha value is -3.29. The quantitative estimate of drug-likeness (QED) is 0.754. The van der Waals surface area contributed by atoms with E-state index in [1.807, 2.05) is 0 Å². The zero-order chi connectivity index (χ0) is 18.1. The van der Waals surface area contributed by atoms with Crippen molar-refractivity contribution in [2.75, 3.05) is 12.3 Å². The highest BCUT2D eigenvalue weighted by Gasteiger charge is 2.34. The minimum absolute atomic E-state index is 0.132. The lowest BCUT2D eigenvalue weighted by Crippen LogP contribution is -2.31. The molecule has 4 rings (SSSR count). The van der Waals surface area contributed by atoms with Gasteiger partial charge in [0, 0.05) is 24.5 Å². The van der Waals surface area contributed by atoms with Crippen LogP contribution in [0.2, 0.25) is 0 Å². The number of anilines is 1. The van der Waals surface area contributed by atoms with E-state index in [2.05, 4.69) is 20.2 Å². The summed E-state index contributed by atoms with van der Waals surface area (Å²) >= 11 is 0. The van der Waals surface area contributed by atoms with Crippen LogP contribution in [0.1, 0.15) is 35.1 Å². The first kappa shape index (κ1) is 16.2. The summed E-state index contributed by atoms with van der Waals surface area (Å²) in [6.07, 6.45) is 4.80. The smallest absolute Gasteiger partial charge is 0.272 e. The lowest BCUT2D eigenvalue weighted by atomic mass is 9.99. The van der Waals surface area contributed by atoms with Gasteiger partial charge in [0.1, 0.15) is 11.5 Å². The van der Waals surface area contributed by atoms with Crippen molar-refractivity contribution < 1.29 is 9.18 Å². The molecule has 3 aromatic rings. The summed E-state index contributed by atoms with van der Waals surface area (Å²) in [5, 5.41) is 6.56. The maximum atomic E-state index is 13.3. The van der Waals surface area contributed by atoms with Crippen LogP contribution in [0.15, 0.2) is 42.7 Å². The maximum Gasteiger partial charge on any atom is 0.272 e. The number of nitrogens with two attached hydrogens (primary N) is 1. The number of carbonyl (C=O) groups excluding carboxylic acids is 1. The summed E-state index contributed by atoms with van der Waals surface area (Å²) in [5.74, 6) is -0.303. The van der Waals surface area contributed by atoms with Crippen LogP contribution in [0.4, 0.5) is 10.3 Å². The number of H-pyrrole nitrogens is 1. The second-order valence-electron chi connectivity index (χ2n) is 6.16. The van der Waals surface area contributed by atoms with Crippen LogP contribution >= 0.6 is 0 Å². The van der Waals surface area contributed by atoms with Gasteiger partial charge in [-0.15, -0.1) is 0 Å². The molecule has 0 aliphatic carbocycles. The van der Waals surface area contributed by atoms with Crippen LogP contribution < -0.4 is 5.73 Å². The first-order valence-corrected chi connectivity index (χ1v) is 8.32. The van der Waals surface area contributed by atoms with Gasteiger partial charge in [-0.05, 0) is 36.6 Å². The normalized spacial score (nSPS) is 16.8. The predicted octanol–water partition coefficient (Wildman–Crippen LogP) is 2.57. The van der Waals surface area contributed by atoms with E-state index < -0.39 is 0 Å². The number of nitrogens with zero attached hydrogens (tertiary/aromatic N) is 4. The average Bonchev–Trinajstić information content (AvgIpc) is 3.34. The van der Waals surface area contributed by atoms with Crippen molar-refractivity contribution in [3.05, 3.63) is 59.9 Å². The molecule has 1 fully saturated rings. The molecule has 1 atom stereocenters. The van der Waals surface area contributed by atoms with Gasteiger partial charge in [-0.25, -0.2) is 14.4 Å². The number of hydrogen-bond donors (Lipinski definition) is 2. The third-order valence-electron chi connectivity index (χ3n) is 4.55. The molecule has 0 saturated carbocycles. The Bertz CT molecular complexity index is 925. The summed E-state index contributed by atoms with van der Waals surface area (Å²) in [4.78, 5) is 23.1. The number of amides is 1. The number of aromatic amines is 1. The fourth-order valence-corrected chi connectivity index (χ4v) is 3.34. The van der Waals surface area contributed by atoms with Crippen molar-refractivity contribution in [3.63, 3.8) is 0 Å². The summed E-state index contributed by atoms with van der Waals surface area (Å²) in [6, 6.07) is 7.53. The van der Waals surface area contributed by atoms with Gasteiger partial charge >= 0.3 is 0 Å². The van der Waals surface area contributed by atoms with Crippen molar-refractivity contribution >= 4 is 11.9 Å². The third-order valence-corrected chi connectivity index (χ3v) is 4.55. The average molecular weight is 352 g/mol. The molecule has 26 heavy (non-hydrogen) atoms. The van der Waals surface area contributed by atoms with Gasteiger partial charge in [-0.1, -0.05) is 12.1 Å². The van der Waals surface area contributed by atoms with E-state index in [0.29, 0.717) is 17.9 Å². The summed E-state index contributed by atoms with van der Waals surface area (Å²) in [6.45, 7) is 0.620. The fourth-order valence-electron chi connectivity index (χ4n) is 3.34. The number of carbonyl (C=O) groups is 1. The number of hydrogen-bond acceptors (Lipinski definition) is 5. The maximum absolute atomic E-state index is 13.3. The van der Waals surface area contributed by atoms with Gasteiger partial charge in [0.15, 0.2) is 0 Å². The Labute approximate surface area is 149 Å². The zero-order valence-corrected chi connectivity index (χ0v) is 13.9. The molecule has 1 aliphatic heterocycles. The van der Waals surface area contributed by atoms with Crippen LogP contribution in [-0.4, -0.2) is 37.5 Å². The number of aromatic nitrogens is 4. The molecule has 7 nitrogen and oxygen atoms in total. The molecule has 1 amide bonds. The number of nitrogen functional groups attached to an aromatic ring is 1.